The summed E-state index contributed by atoms with van der Waals surface area (Å²) in [6.07, 6.45) is 7.39. The highest BCUT2D eigenvalue weighted by Crippen LogP contribution is 2.51. The summed E-state index contributed by atoms with van der Waals surface area (Å²) >= 11 is 0. The van der Waals surface area contributed by atoms with Gasteiger partial charge < -0.3 is 0 Å². The maximum absolute atomic E-state index is 4.68. The Morgan fingerprint density at radius 2 is 0.627 bits per heavy atom. The zero-order valence-electron chi connectivity index (χ0n) is 28.5. The lowest BCUT2D eigenvalue weighted by Crippen LogP contribution is -2.15. The molecule has 4 heteroatoms. The monoisotopic (exact) mass is 654 g/mol. The first-order chi connectivity index (χ1) is 25.0. The van der Waals surface area contributed by atoms with Crippen LogP contribution in [0.15, 0.2) is 170 Å². The van der Waals surface area contributed by atoms with Gasteiger partial charge in [0.25, 0.3) is 0 Å². The molecule has 4 aromatic carbocycles. The molecule has 8 aromatic rings. The second kappa shape index (κ2) is 12.4. The SMILES string of the molecule is CC1(C)c2cc(-c3cc(-c4ccccn4)cc(-c4ccccn4)c3)ccc2-c2ccc(-c3cc(-c4ccccn4)cc(-c4ccccn4)c3)cc21. The van der Waals surface area contributed by atoms with Gasteiger partial charge in [0.05, 0.1) is 22.8 Å². The summed E-state index contributed by atoms with van der Waals surface area (Å²) in [5.41, 5.74) is 17.7. The molecule has 0 N–H and O–H groups in total. The Kier molecular flexibility index (Phi) is 7.44. The van der Waals surface area contributed by atoms with Gasteiger partial charge in [-0.2, -0.15) is 0 Å². The van der Waals surface area contributed by atoms with Gasteiger partial charge in [-0.3, -0.25) is 19.9 Å². The maximum atomic E-state index is 4.68. The summed E-state index contributed by atoms with van der Waals surface area (Å²) in [5.74, 6) is 0. The molecular formula is C47H34N4. The molecular weight excluding hydrogens is 621 g/mol. The zero-order chi connectivity index (χ0) is 34.4. The summed E-state index contributed by atoms with van der Waals surface area (Å²) in [6, 6.07) is 51.4. The molecule has 0 bridgehead atoms. The number of rotatable bonds is 6. The highest BCUT2D eigenvalue weighted by Gasteiger charge is 2.36. The van der Waals surface area contributed by atoms with Crippen LogP contribution in [0.5, 0.6) is 0 Å². The Labute approximate surface area is 298 Å². The molecule has 0 saturated carbocycles. The molecule has 0 atom stereocenters. The fraction of sp³-hybridized carbons (Fsp3) is 0.0638. The molecule has 1 aliphatic rings. The molecule has 0 fully saturated rings. The fourth-order valence-electron chi connectivity index (χ4n) is 7.41. The Morgan fingerprint density at radius 1 is 0.314 bits per heavy atom. The molecule has 0 amide bonds. The third-order valence-corrected chi connectivity index (χ3v) is 10.1. The van der Waals surface area contributed by atoms with Gasteiger partial charge in [0.1, 0.15) is 0 Å². The second-order valence-corrected chi connectivity index (χ2v) is 13.6. The van der Waals surface area contributed by atoms with Crippen molar-refractivity contribution in [2.45, 2.75) is 19.3 Å². The summed E-state index contributed by atoms with van der Waals surface area (Å²) in [5, 5.41) is 0. The maximum Gasteiger partial charge on any atom is 0.0702 e. The van der Waals surface area contributed by atoms with Crippen LogP contribution < -0.4 is 0 Å². The van der Waals surface area contributed by atoms with E-state index in [4.69, 9.17) is 0 Å². The van der Waals surface area contributed by atoms with Crippen LogP contribution in [0.4, 0.5) is 0 Å². The van der Waals surface area contributed by atoms with E-state index in [1.54, 1.807) is 0 Å². The van der Waals surface area contributed by atoms with Crippen molar-refractivity contribution >= 4 is 0 Å². The molecule has 0 aliphatic heterocycles. The van der Waals surface area contributed by atoms with E-state index >= 15 is 0 Å². The Morgan fingerprint density at radius 3 is 0.922 bits per heavy atom. The smallest absolute Gasteiger partial charge is 0.0702 e. The van der Waals surface area contributed by atoms with Gasteiger partial charge in [-0.25, -0.2) is 0 Å². The van der Waals surface area contributed by atoms with Gasteiger partial charge in [0.15, 0.2) is 0 Å². The molecule has 0 saturated heterocycles. The first-order valence-corrected chi connectivity index (χ1v) is 17.3. The van der Waals surface area contributed by atoms with Gasteiger partial charge in [-0.05, 0) is 142 Å². The largest absolute Gasteiger partial charge is 0.256 e. The van der Waals surface area contributed by atoms with Crippen molar-refractivity contribution in [2.24, 2.45) is 0 Å². The lowest BCUT2D eigenvalue weighted by atomic mass is 9.80. The number of fused-ring (bicyclic) bond motifs is 3. The van der Waals surface area contributed by atoms with Crippen LogP contribution in [-0.2, 0) is 5.41 Å². The van der Waals surface area contributed by atoms with Crippen molar-refractivity contribution in [3.8, 4) is 78.4 Å². The molecule has 4 aromatic heterocycles. The Balaban J connectivity index is 1.14. The second-order valence-electron chi connectivity index (χ2n) is 13.6. The zero-order valence-corrected chi connectivity index (χ0v) is 28.5. The number of pyridine rings is 4. The summed E-state index contributed by atoms with van der Waals surface area (Å²) in [6.45, 7) is 4.69. The highest BCUT2D eigenvalue weighted by atomic mass is 14.7. The molecule has 9 rings (SSSR count). The van der Waals surface area contributed by atoms with Crippen LogP contribution in [0.25, 0.3) is 78.4 Å². The van der Waals surface area contributed by atoms with Crippen molar-refractivity contribution in [3.63, 3.8) is 0 Å². The summed E-state index contributed by atoms with van der Waals surface area (Å²) in [7, 11) is 0. The highest BCUT2D eigenvalue weighted by molar-refractivity contribution is 5.88. The van der Waals surface area contributed by atoms with Crippen LogP contribution in [-0.4, -0.2) is 19.9 Å². The lowest BCUT2D eigenvalue weighted by Gasteiger charge is -2.23. The van der Waals surface area contributed by atoms with E-state index in [1.807, 2.05) is 73.3 Å². The minimum absolute atomic E-state index is 0.207. The van der Waals surface area contributed by atoms with Gasteiger partial charge >= 0.3 is 0 Å². The van der Waals surface area contributed by atoms with Crippen LogP contribution in [0.1, 0.15) is 25.0 Å². The summed E-state index contributed by atoms with van der Waals surface area (Å²) < 4.78 is 0. The number of nitrogens with zero attached hydrogens (tertiary/aromatic N) is 4. The predicted octanol–water partition coefficient (Wildman–Crippen LogP) is 11.6. The molecule has 4 nitrogen and oxygen atoms in total. The van der Waals surface area contributed by atoms with Crippen molar-refractivity contribution in [1.82, 2.24) is 19.9 Å². The van der Waals surface area contributed by atoms with E-state index in [2.05, 4.69) is 131 Å². The van der Waals surface area contributed by atoms with E-state index in [-0.39, 0.29) is 5.41 Å². The molecule has 0 radical (unpaired) electrons. The number of hydrogen-bond acceptors (Lipinski definition) is 4. The van der Waals surface area contributed by atoms with Gasteiger partial charge in [0.2, 0.25) is 0 Å². The molecule has 0 spiro atoms. The van der Waals surface area contributed by atoms with Gasteiger partial charge in [-0.15, -0.1) is 0 Å². The van der Waals surface area contributed by atoms with Crippen molar-refractivity contribution in [2.75, 3.05) is 0 Å². The molecule has 1 aliphatic carbocycles. The number of aromatic nitrogens is 4. The van der Waals surface area contributed by atoms with Crippen molar-refractivity contribution < 1.29 is 0 Å². The third kappa shape index (κ3) is 5.61. The number of hydrogen-bond donors (Lipinski definition) is 0. The molecule has 51 heavy (non-hydrogen) atoms. The number of benzene rings is 4. The van der Waals surface area contributed by atoms with Crippen molar-refractivity contribution in [1.29, 1.82) is 0 Å². The van der Waals surface area contributed by atoms with Gasteiger partial charge in [0, 0.05) is 52.5 Å². The van der Waals surface area contributed by atoms with E-state index in [1.165, 1.54) is 33.4 Å². The minimum atomic E-state index is -0.207. The normalized spacial score (nSPS) is 12.7. The van der Waals surface area contributed by atoms with Crippen molar-refractivity contribution in [3.05, 3.63) is 182 Å². The topological polar surface area (TPSA) is 51.6 Å². The van der Waals surface area contributed by atoms with E-state index in [0.29, 0.717) is 0 Å². The van der Waals surface area contributed by atoms with Crippen LogP contribution in [0.3, 0.4) is 0 Å². The average molecular weight is 655 g/mol. The molecule has 0 unspecified atom stereocenters. The first-order valence-electron chi connectivity index (χ1n) is 17.3. The lowest BCUT2D eigenvalue weighted by molar-refractivity contribution is 0.661. The molecule has 242 valence electrons. The van der Waals surface area contributed by atoms with Crippen LogP contribution in [0.2, 0.25) is 0 Å². The van der Waals surface area contributed by atoms with E-state index in [9.17, 15) is 0 Å². The van der Waals surface area contributed by atoms with Crippen LogP contribution in [0, 0.1) is 0 Å². The van der Waals surface area contributed by atoms with E-state index in [0.717, 1.165) is 56.2 Å². The van der Waals surface area contributed by atoms with Crippen LogP contribution >= 0.6 is 0 Å². The van der Waals surface area contributed by atoms with E-state index < -0.39 is 0 Å². The summed E-state index contributed by atoms with van der Waals surface area (Å²) in [4.78, 5) is 18.7. The quantitative estimate of drug-likeness (QED) is 0.179. The molecule has 4 heterocycles. The Hall–Kier alpha value is -6.52. The minimum Gasteiger partial charge on any atom is -0.256 e. The average Bonchev–Trinajstić information content (AvgIpc) is 3.43. The third-order valence-electron chi connectivity index (χ3n) is 10.1. The predicted molar refractivity (Wildman–Crippen MR) is 208 cm³/mol. The van der Waals surface area contributed by atoms with Gasteiger partial charge in [-0.1, -0.05) is 62.4 Å². The Bertz CT molecular complexity index is 2230. The first kappa shape index (κ1) is 30.5. The fourth-order valence-corrected chi connectivity index (χ4v) is 7.41. The standard InChI is InChI=1S/C47H34N4/c1-47(2)41-29-31(33-23-35(43-11-3-7-19-48-43)27-36(24-33)44-12-4-8-20-49-44)15-17-39(41)40-18-16-32(30-42(40)47)34-25-37(45-13-5-9-21-50-45)28-38(26-34)46-14-6-10-22-51-46/h3-30H,1-2H3.